The van der Waals surface area contributed by atoms with E-state index in [1.54, 1.807) is 12.1 Å². The SMILES string of the molecule is C=Nc1ccccc1OCc1ccc(N)c(N)c1. The predicted molar refractivity (Wildman–Crippen MR) is 75.2 cm³/mol. The van der Waals surface area contributed by atoms with Crippen LogP contribution >= 0.6 is 0 Å². The van der Waals surface area contributed by atoms with Gasteiger partial charge >= 0.3 is 0 Å². The molecule has 92 valence electrons. The average molecular weight is 241 g/mol. The molecule has 0 saturated heterocycles. The number of hydrogen-bond acceptors (Lipinski definition) is 4. The summed E-state index contributed by atoms with van der Waals surface area (Å²) in [5, 5.41) is 0. The van der Waals surface area contributed by atoms with Crippen molar-refractivity contribution in [1.82, 2.24) is 0 Å². The van der Waals surface area contributed by atoms with Gasteiger partial charge in [0.15, 0.2) is 0 Å². The molecule has 0 amide bonds. The molecule has 0 aliphatic carbocycles. The molecule has 0 aliphatic heterocycles. The van der Waals surface area contributed by atoms with Gasteiger partial charge in [-0.15, -0.1) is 0 Å². The number of nitrogens with two attached hydrogens (primary N) is 2. The van der Waals surface area contributed by atoms with Gasteiger partial charge in [0.25, 0.3) is 0 Å². The second-order valence-corrected chi connectivity index (χ2v) is 3.88. The molecule has 4 N–H and O–H groups in total. The molecule has 0 aliphatic rings. The van der Waals surface area contributed by atoms with Gasteiger partial charge in [0, 0.05) is 0 Å². The third-order valence-electron chi connectivity index (χ3n) is 2.58. The van der Waals surface area contributed by atoms with Gasteiger partial charge in [-0.05, 0) is 36.5 Å². The minimum Gasteiger partial charge on any atom is -0.487 e. The van der Waals surface area contributed by atoms with E-state index in [-0.39, 0.29) is 0 Å². The molecule has 2 aromatic rings. The van der Waals surface area contributed by atoms with Crippen molar-refractivity contribution in [2.75, 3.05) is 11.5 Å². The lowest BCUT2D eigenvalue weighted by Crippen LogP contribution is -1.99. The Balaban J connectivity index is 2.11. The lowest BCUT2D eigenvalue weighted by Gasteiger charge is -2.09. The second kappa shape index (κ2) is 5.23. The van der Waals surface area contributed by atoms with Crippen molar-refractivity contribution in [3.63, 3.8) is 0 Å². The first-order valence-corrected chi connectivity index (χ1v) is 5.53. The first kappa shape index (κ1) is 12.0. The molecule has 0 bridgehead atoms. The summed E-state index contributed by atoms with van der Waals surface area (Å²) in [7, 11) is 0. The van der Waals surface area contributed by atoms with Gasteiger partial charge < -0.3 is 16.2 Å². The number of hydrogen-bond donors (Lipinski definition) is 2. The third-order valence-corrected chi connectivity index (χ3v) is 2.58. The van der Waals surface area contributed by atoms with Crippen LogP contribution in [0.15, 0.2) is 47.5 Å². The molecule has 0 heterocycles. The van der Waals surface area contributed by atoms with Crippen LogP contribution in [-0.4, -0.2) is 6.72 Å². The van der Waals surface area contributed by atoms with E-state index < -0.39 is 0 Å². The van der Waals surface area contributed by atoms with Crippen molar-refractivity contribution in [3.05, 3.63) is 48.0 Å². The van der Waals surface area contributed by atoms with Gasteiger partial charge in [-0.2, -0.15) is 0 Å². The van der Waals surface area contributed by atoms with Crippen LogP contribution in [0.25, 0.3) is 0 Å². The summed E-state index contributed by atoms with van der Waals surface area (Å²) in [6.45, 7) is 3.92. The molecule has 2 aromatic carbocycles. The van der Waals surface area contributed by atoms with E-state index in [2.05, 4.69) is 11.7 Å². The number of nitrogens with zero attached hydrogens (tertiary/aromatic N) is 1. The number of rotatable bonds is 4. The van der Waals surface area contributed by atoms with Gasteiger partial charge in [-0.3, -0.25) is 4.99 Å². The molecular weight excluding hydrogens is 226 g/mol. The number of nitrogen functional groups attached to an aromatic ring is 2. The van der Waals surface area contributed by atoms with E-state index >= 15 is 0 Å². The molecule has 0 spiro atoms. The van der Waals surface area contributed by atoms with E-state index in [1.807, 2.05) is 30.3 Å². The Morgan fingerprint density at radius 1 is 1.06 bits per heavy atom. The van der Waals surface area contributed by atoms with Crippen molar-refractivity contribution in [2.24, 2.45) is 4.99 Å². The third kappa shape index (κ3) is 2.60. The fourth-order valence-corrected chi connectivity index (χ4v) is 1.58. The maximum Gasteiger partial charge on any atom is 0.145 e. The summed E-state index contributed by atoms with van der Waals surface area (Å²) in [6, 6.07) is 12.9. The fourth-order valence-electron chi connectivity index (χ4n) is 1.58. The molecule has 4 nitrogen and oxygen atoms in total. The topological polar surface area (TPSA) is 73.6 Å². The average Bonchev–Trinajstić information content (AvgIpc) is 2.40. The summed E-state index contributed by atoms with van der Waals surface area (Å²) >= 11 is 0. The second-order valence-electron chi connectivity index (χ2n) is 3.88. The predicted octanol–water partition coefficient (Wildman–Crippen LogP) is 2.76. The van der Waals surface area contributed by atoms with Crippen molar-refractivity contribution in [1.29, 1.82) is 0 Å². The largest absolute Gasteiger partial charge is 0.487 e. The van der Waals surface area contributed by atoms with Crippen LogP contribution in [0.2, 0.25) is 0 Å². The molecule has 0 fully saturated rings. The molecule has 0 saturated carbocycles. The quantitative estimate of drug-likeness (QED) is 0.638. The monoisotopic (exact) mass is 241 g/mol. The number of ether oxygens (including phenoxy) is 1. The lowest BCUT2D eigenvalue weighted by atomic mass is 10.2. The molecule has 0 unspecified atom stereocenters. The van der Waals surface area contributed by atoms with Crippen molar-refractivity contribution >= 4 is 23.8 Å². The molecule has 0 aromatic heterocycles. The van der Waals surface area contributed by atoms with Gasteiger partial charge in [-0.25, -0.2) is 0 Å². The Bertz CT molecular complexity index is 567. The van der Waals surface area contributed by atoms with E-state index in [4.69, 9.17) is 16.2 Å². The van der Waals surface area contributed by atoms with Gasteiger partial charge in [-0.1, -0.05) is 18.2 Å². The van der Waals surface area contributed by atoms with E-state index in [9.17, 15) is 0 Å². The van der Waals surface area contributed by atoms with Gasteiger partial charge in [0.2, 0.25) is 0 Å². The molecule has 4 heteroatoms. The normalized spacial score (nSPS) is 10.0. The van der Waals surface area contributed by atoms with Crippen LogP contribution in [0.1, 0.15) is 5.56 Å². The Labute approximate surface area is 106 Å². The summed E-state index contributed by atoms with van der Waals surface area (Å²) in [5.74, 6) is 0.697. The van der Waals surface area contributed by atoms with E-state index in [0.717, 1.165) is 11.3 Å². The minimum atomic E-state index is 0.414. The summed E-state index contributed by atoms with van der Waals surface area (Å²) in [5.41, 5.74) is 14.2. The maximum absolute atomic E-state index is 5.74. The Hall–Kier alpha value is -2.49. The fraction of sp³-hybridized carbons (Fsp3) is 0.0714. The van der Waals surface area contributed by atoms with Gasteiger partial charge in [0.05, 0.1) is 11.4 Å². The van der Waals surface area contributed by atoms with Crippen LogP contribution in [0, 0.1) is 0 Å². The van der Waals surface area contributed by atoms with E-state index in [0.29, 0.717) is 23.7 Å². The van der Waals surface area contributed by atoms with Crippen molar-refractivity contribution < 1.29 is 4.74 Å². The highest BCUT2D eigenvalue weighted by molar-refractivity contribution is 5.64. The summed E-state index contributed by atoms with van der Waals surface area (Å²) in [6.07, 6.45) is 0. The zero-order valence-corrected chi connectivity index (χ0v) is 9.97. The van der Waals surface area contributed by atoms with Crippen LogP contribution in [0.3, 0.4) is 0 Å². The van der Waals surface area contributed by atoms with Crippen molar-refractivity contribution in [2.45, 2.75) is 6.61 Å². The smallest absolute Gasteiger partial charge is 0.145 e. The molecule has 0 radical (unpaired) electrons. The number of benzene rings is 2. The summed E-state index contributed by atoms with van der Waals surface area (Å²) in [4.78, 5) is 3.89. The van der Waals surface area contributed by atoms with Crippen LogP contribution in [0.4, 0.5) is 17.1 Å². The Morgan fingerprint density at radius 3 is 2.56 bits per heavy atom. The Kier molecular flexibility index (Phi) is 3.48. The maximum atomic E-state index is 5.74. The molecule has 0 atom stereocenters. The van der Waals surface area contributed by atoms with Crippen LogP contribution in [-0.2, 0) is 6.61 Å². The zero-order chi connectivity index (χ0) is 13.0. The highest BCUT2D eigenvalue weighted by Crippen LogP contribution is 2.27. The first-order chi connectivity index (χ1) is 8.70. The number of anilines is 2. The van der Waals surface area contributed by atoms with Gasteiger partial charge in [0.1, 0.15) is 18.0 Å². The lowest BCUT2D eigenvalue weighted by molar-refractivity contribution is 0.307. The molecular formula is C14H15N3O. The Morgan fingerprint density at radius 2 is 1.83 bits per heavy atom. The van der Waals surface area contributed by atoms with E-state index in [1.165, 1.54) is 0 Å². The minimum absolute atomic E-state index is 0.414. The molecule has 2 rings (SSSR count). The zero-order valence-electron chi connectivity index (χ0n) is 9.97. The highest BCUT2D eigenvalue weighted by atomic mass is 16.5. The number of para-hydroxylation sites is 2. The van der Waals surface area contributed by atoms with Crippen molar-refractivity contribution in [3.8, 4) is 5.75 Å². The van der Waals surface area contributed by atoms with Crippen LogP contribution in [0.5, 0.6) is 5.75 Å². The standard InChI is InChI=1S/C14H15N3O/c1-17-13-4-2-3-5-14(13)18-9-10-6-7-11(15)12(16)8-10/h2-8H,1,9,15-16H2. The first-order valence-electron chi connectivity index (χ1n) is 5.53. The highest BCUT2D eigenvalue weighted by Gasteiger charge is 2.02. The number of aliphatic imine (C=N–C) groups is 1. The molecule has 18 heavy (non-hydrogen) atoms. The van der Waals surface area contributed by atoms with Crippen LogP contribution < -0.4 is 16.2 Å². The summed E-state index contributed by atoms with van der Waals surface area (Å²) < 4.78 is 5.68.